The molecule has 2 unspecified atom stereocenters. The first-order valence-corrected chi connectivity index (χ1v) is 29.8. The predicted octanol–water partition coefficient (Wildman–Crippen LogP) is 16.6. The molecule has 67 heavy (non-hydrogen) atoms. The molecule has 8 heteroatoms. The molecule has 398 valence electrons. The quantitative estimate of drug-likeness (QED) is 0.0462. The SMILES string of the molecule is CCCCCCCCCN(CCCCC(=O)NCCO)C(CCCCCCCCC(=O)OCC(CCCC)CCCCCC)CCCCCCCCC(=O)OCC(CCCC)CCCCCC. The maximum atomic E-state index is 12.6. The van der Waals surface area contributed by atoms with E-state index in [9.17, 15) is 14.4 Å². The fourth-order valence-electron chi connectivity index (χ4n) is 9.75. The van der Waals surface area contributed by atoms with Crippen molar-refractivity contribution in [2.45, 2.75) is 310 Å². The summed E-state index contributed by atoms with van der Waals surface area (Å²) in [6.07, 6.45) is 48.9. The number of nitrogens with zero attached hydrogens (tertiary/aromatic N) is 1. The lowest BCUT2D eigenvalue weighted by atomic mass is 9.96. The highest BCUT2D eigenvalue weighted by molar-refractivity contribution is 5.75. The summed E-state index contributed by atoms with van der Waals surface area (Å²) in [5, 5.41) is 11.9. The lowest BCUT2D eigenvalue weighted by Crippen LogP contribution is -2.37. The molecule has 2 N–H and O–H groups in total. The molecule has 0 rings (SSSR count). The molecule has 1 amide bonds. The van der Waals surface area contributed by atoms with Gasteiger partial charge >= 0.3 is 11.9 Å². The van der Waals surface area contributed by atoms with Crippen LogP contribution in [0, 0.1) is 11.8 Å². The van der Waals surface area contributed by atoms with Crippen molar-refractivity contribution in [3.05, 3.63) is 0 Å². The van der Waals surface area contributed by atoms with Crippen LogP contribution in [0.1, 0.15) is 304 Å². The van der Waals surface area contributed by atoms with Crippen LogP contribution in [0.25, 0.3) is 0 Å². The van der Waals surface area contributed by atoms with E-state index in [0.717, 1.165) is 51.6 Å². The molecule has 0 aliphatic carbocycles. The molecule has 0 aliphatic heterocycles. The van der Waals surface area contributed by atoms with Gasteiger partial charge in [0.15, 0.2) is 0 Å². The van der Waals surface area contributed by atoms with Gasteiger partial charge in [-0.15, -0.1) is 0 Å². The molecule has 0 bridgehead atoms. The number of rotatable bonds is 54. The lowest BCUT2D eigenvalue weighted by molar-refractivity contribution is -0.146. The number of amides is 1. The van der Waals surface area contributed by atoms with Gasteiger partial charge in [-0.2, -0.15) is 0 Å². The normalized spacial score (nSPS) is 12.9. The Morgan fingerprint density at radius 3 is 1.16 bits per heavy atom. The molecule has 0 aliphatic rings. The summed E-state index contributed by atoms with van der Waals surface area (Å²) < 4.78 is 11.6. The molecule has 0 aromatic rings. The molecule has 0 saturated heterocycles. The van der Waals surface area contributed by atoms with Gasteiger partial charge < -0.3 is 24.8 Å². The summed E-state index contributed by atoms with van der Waals surface area (Å²) in [5.74, 6) is 1.10. The Balaban J connectivity index is 5.06. The van der Waals surface area contributed by atoms with Crippen molar-refractivity contribution in [3.8, 4) is 0 Å². The minimum atomic E-state index is -0.0131. The topological polar surface area (TPSA) is 105 Å². The zero-order valence-electron chi connectivity index (χ0n) is 45.6. The number of aliphatic hydroxyl groups excluding tert-OH is 1. The van der Waals surface area contributed by atoms with Gasteiger partial charge in [0.1, 0.15) is 0 Å². The maximum Gasteiger partial charge on any atom is 0.305 e. The average molecular weight is 950 g/mol. The monoisotopic (exact) mass is 949 g/mol. The maximum absolute atomic E-state index is 12.6. The van der Waals surface area contributed by atoms with Crippen LogP contribution in [0.2, 0.25) is 0 Å². The minimum absolute atomic E-state index is 0.000645. The summed E-state index contributed by atoms with van der Waals surface area (Å²) in [4.78, 5) is 40.3. The van der Waals surface area contributed by atoms with E-state index >= 15 is 0 Å². The molecule has 8 nitrogen and oxygen atoms in total. The summed E-state index contributed by atoms with van der Waals surface area (Å²) in [6, 6.07) is 0.577. The van der Waals surface area contributed by atoms with E-state index in [4.69, 9.17) is 14.6 Å². The number of carbonyl (C=O) groups is 3. The molecule has 0 saturated carbocycles. The largest absolute Gasteiger partial charge is 0.465 e. The number of hydrogen-bond donors (Lipinski definition) is 2. The first-order valence-electron chi connectivity index (χ1n) is 29.8. The number of nitrogens with one attached hydrogen (secondary N) is 1. The molecule has 0 heterocycles. The van der Waals surface area contributed by atoms with Gasteiger partial charge in [-0.25, -0.2) is 0 Å². The second kappa shape index (κ2) is 52.2. The Bertz CT molecular complexity index is 1000. The Kier molecular flexibility index (Phi) is 50.9. The number of esters is 2. The van der Waals surface area contributed by atoms with Crippen molar-refractivity contribution in [2.75, 3.05) is 39.5 Å². The van der Waals surface area contributed by atoms with E-state index in [1.54, 1.807) is 0 Å². The second-order valence-electron chi connectivity index (χ2n) is 20.7. The highest BCUT2D eigenvalue weighted by Gasteiger charge is 2.19. The Hall–Kier alpha value is -1.67. The highest BCUT2D eigenvalue weighted by Crippen LogP contribution is 2.23. The number of carbonyl (C=O) groups excluding carboxylic acids is 3. The predicted molar refractivity (Wildman–Crippen MR) is 287 cm³/mol. The second-order valence-corrected chi connectivity index (χ2v) is 20.7. The summed E-state index contributed by atoms with van der Waals surface area (Å²) in [5.41, 5.74) is 0. The summed E-state index contributed by atoms with van der Waals surface area (Å²) in [6.45, 7) is 15.0. The Morgan fingerprint density at radius 2 is 0.731 bits per heavy atom. The smallest absolute Gasteiger partial charge is 0.305 e. The number of ether oxygens (including phenoxy) is 2. The molecular formula is C59H116N2O6. The van der Waals surface area contributed by atoms with Gasteiger partial charge in [-0.05, 0) is 95.6 Å². The van der Waals surface area contributed by atoms with E-state index in [-0.39, 0.29) is 24.5 Å². The van der Waals surface area contributed by atoms with Crippen molar-refractivity contribution in [3.63, 3.8) is 0 Å². The number of hydrogen-bond acceptors (Lipinski definition) is 7. The van der Waals surface area contributed by atoms with Gasteiger partial charge in [0.25, 0.3) is 0 Å². The highest BCUT2D eigenvalue weighted by atomic mass is 16.5. The molecule has 0 aromatic heterocycles. The van der Waals surface area contributed by atoms with Crippen LogP contribution in [0.15, 0.2) is 0 Å². The van der Waals surface area contributed by atoms with E-state index < -0.39 is 0 Å². The van der Waals surface area contributed by atoms with Crippen LogP contribution < -0.4 is 5.32 Å². The molecule has 2 atom stereocenters. The van der Waals surface area contributed by atoms with Crippen molar-refractivity contribution in [2.24, 2.45) is 11.8 Å². The van der Waals surface area contributed by atoms with Crippen LogP contribution >= 0.6 is 0 Å². The third-order valence-corrected chi connectivity index (χ3v) is 14.3. The van der Waals surface area contributed by atoms with Crippen molar-refractivity contribution in [1.82, 2.24) is 10.2 Å². The molecular weight excluding hydrogens is 833 g/mol. The van der Waals surface area contributed by atoms with Crippen LogP contribution in [-0.4, -0.2) is 73.3 Å². The standard InChI is InChI=1S/C59H116N2O6/c1-6-11-16-19-24-29-37-49-61(50-38-36-45-57(63)60-48-51-62)56(43-32-25-20-22-27-34-46-58(64)66-52-54(39-14-9-4)41-30-17-12-7-2)44-33-26-21-23-28-35-47-59(65)67-53-55(40-15-10-5)42-31-18-13-8-3/h54-56,62H,6-53H2,1-5H3,(H,60,63). The van der Waals surface area contributed by atoms with Gasteiger partial charge in [0.2, 0.25) is 5.91 Å². The fraction of sp³-hybridized carbons (Fsp3) is 0.949. The van der Waals surface area contributed by atoms with E-state index in [2.05, 4.69) is 44.8 Å². The van der Waals surface area contributed by atoms with E-state index in [1.165, 1.54) is 212 Å². The van der Waals surface area contributed by atoms with Gasteiger partial charge in [0, 0.05) is 31.8 Å². The Morgan fingerprint density at radius 1 is 0.403 bits per heavy atom. The number of unbranched alkanes of at least 4 members (excludes halogenated alkanes) is 25. The van der Waals surface area contributed by atoms with Crippen molar-refractivity contribution in [1.29, 1.82) is 0 Å². The first kappa shape index (κ1) is 65.3. The minimum Gasteiger partial charge on any atom is -0.465 e. The van der Waals surface area contributed by atoms with Crippen LogP contribution in [0.5, 0.6) is 0 Å². The zero-order valence-corrected chi connectivity index (χ0v) is 45.6. The van der Waals surface area contributed by atoms with Crippen LogP contribution in [-0.2, 0) is 23.9 Å². The van der Waals surface area contributed by atoms with Gasteiger partial charge in [-0.1, -0.05) is 214 Å². The average Bonchev–Trinajstić information content (AvgIpc) is 3.33. The fourth-order valence-corrected chi connectivity index (χ4v) is 9.75. The third kappa shape index (κ3) is 45.2. The van der Waals surface area contributed by atoms with Crippen molar-refractivity contribution < 1.29 is 29.0 Å². The molecule has 0 spiro atoms. The van der Waals surface area contributed by atoms with Crippen LogP contribution in [0.4, 0.5) is 0 Å². The summed E-state index contributed by atoms with van der Waals surface area (Å²) >= 11 is 0. The van der Waals surface area contributed by atoms with E-state index in [1.807, 2.05) is 0 Å². The molecule has 0 radical (unpaired) electrons. The molecule has 0 fully saturated rings. The van der Waals surface area contributed by atoms with E-state index in [0.29, 0.717) is 56.9 Å². The zero-order chi connectivity index (χ0) is 49.1. The molecule has 0 aromatic carbocycles. The summed E-state index contributed by atoms with van der Waals surface area (Å²) in [7, 11) is 0. The van der Waals surface area contributed by atoms with Gasteiger partial charge in [0.05, 0.1) is 19.8 Å². The van der Waals surface area contributed by atoms with Gasteiger partial charge in [-0.3, -0.25) is 14.4 Å². The first-order chi connectivity index (χ1) is 32.8. The lowest BCUT2D eigenvalue weighted by Gasteiger charge is -2.32. The third-order valence-electron chi connectivity index (χ3n) is 14.3. The number of aliphatic hydroxyl groups is 1. The Labute approximate surface area is 417 Å². The van der Waals surface area contributed by atoms with Crippen LogP contribution in [0.3, 0.4) is 0 Å². The van der Waals surface area contributed by atoms with Crippen molar-refractivity contribution >= 4 is 17.8 Å².